The molecular weight excluding hydrogens is 274 g/mol. The smallest absolute Gasteiger partial charge is 0.124 e. The van der Waals surface area contributed by atoms with Crippen molar-refractivity contribution in [2.45, 2.75) is 36.8 Å². The van der Waals surface area contributed by atoms with Gasteiger partial charge in [-0.3, -0.25) is 0 Å². The van der Waals surface area contributed by atoms with E-state index in [2.05, 4.69) is 30.8 Å². The van der Waals surface area contributed by atoms with Gasteiger partial charge in [-0.1, -0.05) is 25.1 Å². The van der Waals surface area contributed by atoms with Crippen molar-refractivity contribution >= 4 is 23.5 Å². The van der Waals surface area contributed by atoms with Gasteiger partial charge in [0.05, 0.1) is 6.61 Å². The molecule has 4 heteroatoms. The number of rotatable bonds is 5. The zero-order chi connectivity index (χ0) is 13.7. The minimum absolute atomic E-state index is 0.0606. The third-order valence-corrected chi connectivity index (χ3v) is 6.80. The molecule has 2 rings (SSSR count). The van der Waals surface area contributed by atoms with Gasteiger partial charge in [0, 0.05) is 33.6 Å². The Labute approximate surface area is 124 Å². The molecule has 0 saturated carbocycles. The lowest BCUT2D eigenvalue weighted by atomic mass is 10.00. The fourth-order valence-corrected chi connectivity index (χ4v) is 5.66. The van der Waals surface area contributed by atoms with E-state index in [0.717, 1.165) is 11.3 Å². The Kier molecular flexibility index (Phi) is 5.92. The average molecular weight is 297 g/mol. The molecule has 1 aromatic carbocycles. The summed E-state index contributed by atoms with van der Waals surface area (Å²) in [5, 5.41) is 1.15. The Morgan fingerprint density at radius 2 is 2.00 bits per heavy atom. The number of hydrogen-bond donors (Lipinski definition) is 1. The van der Waals surface area contributed by atoms with Crippen LogP contribution in [0.5, 0.6) is 5.75 Å². The summed E-state index contributed by atoms with van der Waals surface area (Å²) in [7, 11) is 0. The molecule has 3 atom stereocenters. The molecule has 106 valence electrons. The maximum absolute atomic E-state index is 6.55. The van der Waals surface area contributed by atoms with Gasteiger partial charge in [-0.25, -0.2) is 0 Å². The van der Waals surface area contributed by atoms with Crippen LogP contribution in [0.2, 0.25) is 0 Å². The maximum atomic E-state index is 6.55. The normalized spacial score (nSPS) is 25.0. The number of benzene rings is 1. The number of ether oxygens (including phenoxy) is 1. The first-order valence-corrected chi connectivity index (χ1v) is 9.08. The number of para-hydroxylation sites is 1. The van der Waals surface area contributed by atoms with Gasteiger partial charge in [-0.2, -0.15) is 23.5 Å². The first kappa shape index (κ1) is 15.1. The first-order valence-electron chi connectivity index (χ1n) is 6.98. The van der Waals surface area contributed by atoms with E-state index in [-0.39, 0.29) is 6.04 Å². The Balaban J connectivity index is 2.19. The second kappa shape index (κ2) is 7.46. The molecule has 1 aliphatic heterocycles. The molecular formula is C15H23NOS2. The highest BCUT2D eigenvalue weighted by Crippen LogP contribution is 2.41. The highest BCUT2D eigenvalue weighted by molar-refractivity contribution is 8.07. The van der Waals surface area contributed by atoms with Crippen LogP contribution in [-0.4, -0.2) is 28.6 Å². The summed E-state index contributed by atoms with van der Waals surface area (Å²) < 4.78 is 5.72. The monoisotopic (exact) mass is 297 g/mol. The van der Waals surface area contributed by atoms with Crippen LogP contribution in [0.15, 0.2) is 24.3 Å². The summed E-state index contributed by atoms with van der Waals surface area (Å²) >= 11 is 4.10. The number of nitrogens with two attached hydrogens (primary N) is 1. The molecule has 1 aliphatic rings. The quantitative estimate of drug-likeness (QED) is 0.898. The van der Waals surface area contributed by atoms with Gasteiger partial charge < -0.3 is 10.5 Å². The maximum Gasteiger partial charge on any atom is 0.124 e. The predicted molar refractivity (Wildman–Crippen MR) is 87.3 cm³/mol. The van der Waals surface area contributed by atoms with Gasteiger partial charge >= 0.3 is 0 Å². The van der Waals surface area contributed by atoms with Gasteiger partial charge in [0.25, 0.3) is 0 Å². The molecule has 2 N–H and O–H groups in total. The lowest BCUT2D eigenvalue weighted by Crippen LogP contribution is -2.35. The van der Waals surface area contributed by atoms with E-state index in [4.69, 9.17) is 10.5 Å². The molecule has 0 spiro atoms. The lowest BCUT2D eigenvalue weighted by Gasteiger charge is -2.34. The minimum atomic E-state index is 0.0606. The van der Waals surface area contributed by atoms with Crippen LogP contribution >= 0.6 is 23.5 Å². The Bertz CT molecular complexity index is 399. The van der Waals surface area contributed by atoms with Crippen molar-refractivity contribution in [2.24, 2.45) is 5.73 Å². The Hall–Kier alpha value is -0.320. The van der Waals surface area contributed by atoms with E-state index in [1.165, 1.54) is 17.9 Å². The molecule has 0 aromatic heterocycles. The molecule has 0 bridgehead atoms. The van der Waals surface area contributed by atoms with Crippen LogP contribution in [0.4, 0.5) is 0 Å². The van der Waals surface area contributed by atoms with Crippen molar-refractivity contribution in [3.8, 4) is 5.75 Å². The zero-order valence-electron chi connectivity index (χ0n) is 11.7. The van der Waals surface area contributed by atoms with Crippen LogP contribution in [-0.2, 0) is 0 Å². The Morgan fingerprint density at radius 3 is 2.74 bits per heavy atom. The van der Waals surface area contributed by atoms with Crippen LogP contribution in [0.1, 0.15) is 31.9 Å². The average Bonchev–Trinajstić information content (AvgIpc) is 2.47. The number of thioether (sulfide) groups is 2. The van der Waals surface area contributed by atoms with Gasteiger partial charge in [0.1, 0.15) is 5.75 Å². The Morgan fingerprint density at radius 1 is 1.26 bits per heavy atom. The van der Waals surface area contributed by atoms with Crippen LogP contribution in [0.25, 0.3) is 0 Å². The highest BCUT2D eigenvalue weighted by Gasteiger charge is 2.32. The van der Waals surface area contributed by atoms with Crippen LogP contribution < -0.4 is 10.5 Å². The van der Waals surface area contributed by atoms with Gasteiger partial charge in [-0.15, -0.1) is 0 Å². The van der Waals surface area contributed by atoms with E-state index >= 15 is 0 Å². The molecule has 19 heavy (non-hydrogen) atoms. The summed E-state index contributed by atoms with van der Waals surface area (Å²) in [6.45, 7) is 4.97. The topological polar surface area (TPSA) is 35.2 Å². The van der Waals surface area contributed by atoms with Gasteiger partial charge in [-0.05, 0) is 19.4 Å². The highest BCUT2D eigenvalue weighted by atomic mass is 32.2. The number of hydrogen-bond acceptors (Lipinski definition) is 4. The molecule has 0 radical (unpaired) electrons. The molecule has 3 unspecified atom stereocenters. The summed E-state index contributed by atoms with van der Waals surface area (Å²) in [6, 6.07) is 8.27. The summed E-state index contributed by atoms with van der Waals surface area (Å²) in [5.74, 6) is 3.40. The van der Waals surface area contributed by atoms with Crippen molar-refractivity contribution in [1.29, 1.82) is 0 Å². The van der Waals surface area contributed by atoms with E-state index in [9.17, 15) is 0 Å². The van der Waals surface area contributed by atoms with E-state index in [1.54, 1.807) is 0 Å². The molecule has 1 heterocycles. The van der Waals surface area contributed by atoms with E-state index in [0.29, 0.717) is 17.1 Å². The summed E-state index contributed by atoms with van der Waals surface area (Å²) in [4.78, 5) is 0. The molecule has 0 amide bonds. The van der Waals surface area contributed by atoms with Crippen LogP contribution in [0.3, 0.4) is 0 Å². The molecule has 0 aliphatic carbocycles. The lowest BCUT2D eigenvalue weighted by molar-refractivity contribution is 0.333. The second-order valence-corrected chi connectivity index (χ2v) is 7.28. The van der Waals surface area contributed by atoms with Gasteiger partial charge in [0.2, 0.25) is 0 Å². The van der Waals surface area contributed by atoms with Crippen molar-refractivity contribution in [3.05, 3.63) is 29.8 Å². The molecule has 1 aromatic rings. The third kappa shape index (κ3) is 3.61. The molecule has 1 saturated heterocycles. The second-order valence-electron chi connectivity index (χ2n) is 4.65. The largest absolute Gasteiger partial charge is 0.494 e. The summed E-state index contributed by atoms with van der Waals surface area (Å²) in [6.07, 6.45) is 1.19. The van der Waals surface area contributed by atoms with E-state index in [1.807, 2.05) is 30.8 Å². The van der Waals surface area contributed by atoms with Crippen molar-refractivity contribution in [2.75, 3.05) is 18.1 Å². The van der Waals surface area contributed by atoms with Crippen LogP contribution in [0, 0.1) is 0 Å². The molecule has 1 fully saturated rings. The SMILES string of the molecule is CCOc1ccccc1C(N)C1SCCSC1CC. The van der Waals surface area contributed by atoms with Crippen molar-refractivity contribution in [1.82, 2.24) is 0 Å². The standard InChI is InChI=1S/C15H23NOS2/c1-3-13-15(19-10-9-18-13)14(16)11-7-5-6-8-12(11)17-4-2/h5-8,13-15H,3-4,9-10,16H2,1-2H3. The van der Waals surface area contributed by atoms with E-state index < -0.39 is 0 Å². The third-order valence-electron chi connectivity index (χ3n) is 3.43. The minimum Gasteiger partial charge on any atom is -0.494 e. The molecule has 2 nitrogen and oxygen atoms in total. The summed E-state index contributed by atoms with van der Waals surface area (Å²) in [5.41, 5.74) is 7.71. The zero-order valence-corrected chi connectivity index (χ0v) is 13.3. The fourth-order valence-electron chi connectivity index (χ4n) is 2.49. The fraction of sp³-hybridized carbons (Fsp3) is 0.600. The first-order chi connectivity index (χ1) is 9.27. The predicted octanol–water partition coefficient (Wildman–Crippen LogP) is 3.71. The van der Waals surface area contributed by atoms with Crippen molar-refractivity contribution in [3.63, 3.8) is 0 Å². The van der Waals surface area contributed by atoms with Gasteiger partial charge in [0.15, 0.2) is 0 Å². The van der Waals surface area contributed by atoms with Crippen molar-refractivity contribution < 1.29 is 4.74 Å².